The van der Waals surface area contributed by atoms with E-state index in [0.717, 1.165) is 5.56 Å². The standard InChI is InChI=1S/C16H17ClN2O/c1-10-3-5-12(6-4-10)11(2)19-16(20)13-7-14(17)9-15(18)8-13/h3-9,11H,18H2,1-2H3,(H,19,20)/t11-/m1/s1. The van der Waals surface area contributed by atoms with Crippen LogP contribution in [0.25, 0.3) is 0 Å². The predicted octanol–water partition coefficient (Wildman–Crippen LogP) is 3.72. The van der Waals surface area contributed by atoms with Gasteiger partial charge in [-0.15, -0.1) is 0 Å². The fourth-order valence-electron chi connectivity index (χ4n) is 1.96. The van der Waals surface area contributed by atoms with Crippen LogP contribution < -0.4 is 11.1 Å². The quantitative estimate of drug-likeness (QED) is 0.846. The van der Waals surface area contributed by atoms with Crippen LogP contribution in [0.1, 0.15) is 34.5 Å². The molecule has 2 aromatic carbocycles. The Hall–Kier alpha value is -2.00. The van der Waals surface area contributed by atoms with Crippen molar-refractivity contribution in [2.75, 3.05) is 5.73 Å². The summed E-state index contributed by atoms with van der Waals surface area (Å²) in [6.45, 7) is 3.97. The van der Waals surface area contributed by atoms with Gasteiger partial charge in [-0.2, -0.15) is 0 Å². The number of anilines is 1. The van der Waals surface area contributed by atoms with E-state index in [-0.39, 0.29) is 11.9 Å². The molecule has 104 valence electrons. The van der Waals surface area contributed by atoms with Gasteiger partial charge >= 0.3 is 0 Å². The van der Waals surface area contributed by atoms with Crippen LogP contribution in [-0.2, 0) is 0 Å². The molecule has 2 rings (SSSR count). The first kappa shape index (κ1) is 14.4. The minimum atomic E-state index is -0.188. The molecule has 0 aliphatic carbocycles. The van der Waals surface area contributed by atoms with E-state index in [1.807, 2.05) is 38.1 Å². The average molecular weight is 289 g/mol. The van der Waals surface area contributed by atoms with Gasteiger partial charge in [0.2, 0.25) is 0 Å². The van der Waals surface area contributed by atoms with Crippen LogP contribution in [0, 0.1) is 6.92 Å². The van der Waals surface area contributed by atoms with Crippen molar-refractivity contribution in [3.05, 3.63) is 64.2 Å². The molecule has 0 saturated heterocycles. The molecular weight excluding hydrogens is 272 g/mol. The van der Waals surface area contributed by atoms with E-state index in [1.54, 1.807) is 18.2 Å². The molecule has 20 heavy (non-hydrogen) atoms. The van der Waals surface area contributed by atoms with Crippen LogP contribution >= 0.6 is 11.6 Å². The van der Waals surface area contributed by atoms with Crippen molar-refractivity contribution in [1.82, 2.24) is 5.32 Å². The second-order valence-corrected chi connectivity index (χ2v) is 5.32. The van der Waals surface area contributed by atoms with E-state index >= 15 is 0 Å². The molecule has 2 aromatic rings. The van der Waals surface area contributed by atoms with E-state index in [4.69, 9.17) is 17.3 Å². The molecule has 0 aromatic heterocycles. The minimum absolute atomic E-state index is 0.0803. The summed E-state index contributed by atoms with van der Waals surface area (Å²) in [6.07, 6.45) is 0. The highest BCUT2D eigenvalue weighted by molar-refractivity contribution is 6.31. The zero-order valence-corrected chi connectivity index (χ0v) is 12.2. The third-order valence-electron chi connectivity index (χ3n) is 3.11. The lowest BCUT2D eigenvalue weighted by Gasteiger charge is -2.15. The molecule has 0 spiro atoms. The number of nitrogens with one attached hydrogen (secondary N) is 1. The molecule has 0 saturated carbocycles. The summed E-state index contributed by atoms with van der Waals surface area (Å²) in [5.74, 6) is -0.188. The van der Waals surface area contributed by atoms with Gasteiger partial charge in [0, 0.05) is 16.3 Å². The number of rotatable bonds is 3. The van der Waals surface area contributed by atoms with E-state index in [1.165, 1.54) is 5.56 Å². The van der Waals surface area contributed by atoms with Gasteiger partial charge in [-0.3, -0.25) is 4.79 Å². The number of hydrogen-bond donors (Lipinski definition) is 2. The number of amides is 1. The number of halogens is 1. The zero-order valence-electron chi connectivity index (χ0n) is 11.5. The Morgan fingerprint density at radius 2 is 1.85 bits per heavy atom. The van der Waals surface area contributed by atoms with E-state index < -0.39 is 0 Å². The van der Waals surface area contributed by atoms with Crippen molar-refractivity contribution < 1.29 is 4.79 Å². The fraction of sp³-hybridized carbons (Fsp3) is 0.188. The molecule has 0 bridgehead atoms. The summed E-state index contributed by atoms with van der Waals surface area (Å²) in [7, 11) is 0. The number of carbonyl (C=O) groups excluding carboxylic acids is 1. The van der Waals surface area contributed by atoms with Gasteiger partial charge < -0.3 is 11.1 Å². The fourth-order valence-corrected chi connectivity index (χ4v) is 2.21. The van der Waals surface area contributed by atoms with Crippen LogP contribution in [0.3, 0.4) is 0 Å². The maximum Gasteiger partial charge on any atom is 0.251 e. The molecule has 0 aliphatic rings. The summed E-state index contributed by atoms with van der Waals surface area (Å²) >= 11 is 5.91. The van der Waals surface area contributed by atoms with Gasteiger partial charge in [0.05, 0.1) is 6.04 Å². The topological polar surface area (TPSA) is 55.1 Å². The monoisotopic (exact) mass is 288 g/mol. The number of hydrogen-bond acceptors (Lipinski definition) is 2. The summed E-state index contributed by atoms with van der Waals surface area (Å²) < 4.78 is 0. The Bertz CT molecular complexity index is 603. The maximum absolute atomic E-state index is 12.2. The highest BCUT2D eigenvalue weighted by atomic mass is 35.5. The minimum Gasteiger partial charge on any atom is -0.399 e. The number of nitrogens with two attached hydrogens (primary N) is 1. The molecular formula is C16H17ClN2O. The van der Waals surface area contributed by atoms with Crippen molar-refractivity contribution in [2.24, 2.45) is 0 Å². The summed E-state index contributed by atoms with van der Waals surface area (Å²) in [4.78, 5) is 12.2. The second kappa shape index (κ2) is 5.97. The SMILES string of the molecule is Cc1ccc([C@@H](C)NC(=O)c2cc(N)cc(Cl)c2)cc1. The van der Waals surface area contributed by atoms with Crippen molar-refractivity contribution in [1.29, 1.82) is 0 Å². The highest BCUT2D eigenvalue weighted by Crippen LogP contribution is 2.18. The lowest BCUT2D eigenvalue weighted by molar-refractivity contribution is 0.0940. The van der Waals surface area contributed by atoms with Crippen LogP contribution in [0.4, 0.5) is 5.69 Å². The molecule has 0 radical (unpaired) electrons. The largest absolute Gasteiger partial charge is 0.399 e. The maximum atomic E-state index is 12.2. The van der Waals surface area contributed by atoms with Gasteiger partial charge in [-0.25, -0.2) is 0 Å². The predicted molar refractivity (Wildman–Crippen MR) is 82.9 cm³/mol. The lowest BCUT2D eigenvalue weighted by Crippen LogP contribution is -2.26. The van der Waals surface area contributed by atoms with Gasteiger partial charge in [-0.05, 0) is 37.6 Å². The summed E-state index contributed by atoms with van der Waals surface area (Å²) in [6, 6.07) is 12.8. The van der Waals surface area contributed by atoms with Crippen molar-refractivity contribution in [3.63, 3.8) is 0 Å². The van der Waals surface area contributed by atoms with E-state index in [2.05, 4.69) is 5.32 Å². The van der Waals surface area contributed by atoms with Gasteiger partial charge in [-0.1, -0.05) is 41.4 Å². The normalized spacial score (nSPS) is 11.9. The van der Waals surface area contributed by atoms with Gasteiger partial charge in [0.1, 0.15) is 0 Å². The Labute approximate surface area is 123 Å². The number of nitrogen functional groups attached to an aromatic ring is 1. The number of carbonyl (C=O) groups is 1. The number of benzene rings is 2. The highest BCUT2D eigenvalue weighted by Gasteiger charge is 2.12. The van der Waals surface area contributed by atoms with Crippen LogP contribution in [-0.4, -0.2) is 5.91 Å². The first-order valence-electron chi connectivity index (χ1n) is 6.39. The third kappa shape index (κ3) is 3.52. The van der Waals surface area contributed by atoms with E-state index in [9.17, 15) is 4.79 Å². The number of aryl methyl sites for hydroxylation is 1. The first-order valence-corrected chi connectivity index (χ1v) is 6.77. The molecule has 1 atom stereocenters. The van der Waals surface area contributed by atoms with Crippen LogP contribution in [0.2, 0.25) is 5.02 Å². The summed E-state index contributed by atoms with van der Waals surface area (Å²) in [5, 5.41) is 3.39. The molecule has 3 N–H and O–H groups in total. The summed E-state index contributed by atoms with van der Waals surface area (Å²) in [5.41, 5.74) is 8.88. The molecule has 0 aliphatic heterocycles. The molecule has 4 heteroatoms. The molecule has 0 unspecified atom stereocenters. The zero-order chi connectivity index (χ0) is 14.7. The Morgan fingerprint density at radius 3 is 2.45 bits per heavy atom. The lowest BCUT2D eigenvalue weighted by atomic mass is 10.1. The molecule has 0 fully saturated rings. The van der Waals surface area contributed by atoms with Crippen molar-refractivity contribution in [2.45, 2.75) is 19.9 Å². The molecule has 1 amide bonds. The van der Waals surface area contributed by atoms with E-state index in [0.29, 0.717) is 16.3 Å². The Morgan fingerprint density at radius 1 is 1.20 bits per heavy atom. The molecule has 3 nitrogen and oxygen atoms in total. The molecule has 0 heterocycles. The van der Waals surface area contributed by atoms with Crippen LogP contribution in [0.15, 0.2) is 42.5 Å². The van der Waals surface area contributed by atoms with Crippen molar-refractivity contribution >= 4 is 23.2 Å². The van der Waals surface area contributed by atoms with Crippen molar-refractivity contribution in [3.8, 4) is 0 Å². The Balaban J connectivity index is 2.12. The van der Waals surface area contributed by atoms with Gasteiger partial charge in [0.25, 0.3) is 5.91 Å². The first-order chi connectivity index (χ1) is 9.45. The third-order valence-corrected chi connectivity index (χ3v) is 3.33. The smallest absolute Gasteiger partial charge is 0.251 e. The average Bonchev–Trinajstić information content (AvgIpc) is 2.38. The second-order valence-electron chi connectivity index (χ2n) is 4.88. The van der Waals surface area contributed by atoms with Gasteiger partial charge in [0.15, 0.2) is 0 Å². The Kier molecular flexibility index (Phi) is 4.30. The van der Waals surface area contributed by atoms with Crippen LogP contribution in [0.5, 0.6) is 0 Å².